The maximum Gasteiger partial charge on any atom is 0.263 e. The Kier molecular flexibility index (Phi) is 5.38. The van der Waals surface area contributed by atoms with Crippen LogP contribution < -0.4 is 15.8 Å². The van der Waals surface area contributed by atoms with Crippen LogP contribution in [-0.2, 0) is 11.3 Å². The molecule has 0 aliphatic carbocycles. The van der Waals surface area contributed by atoms with E-state index < -0.39 is 0 Å². The third-order valence-corrected chi connectivity index (χ3v) is 3.06. The number of nitrogens with one attached hydrogen (secondary N) is 1. The molecule has 0 aliphatic rings. The van der Waals surface area contributed by atoms with E-state index in [0.29, 0.717) is 17.3 Å². The predicted octanol–water partition coefficient (Wildman–Crippen LogP) is 2.86. The zero-order valence-electron chi connectivity index (χ0n) is 11.0. The standard InChI is InChI=1S/C14H13Cl2N3O2/c15-10-5-12(16)14(18-7-10)19-13(20)8-21-11-3-1-2-9(4-11)6-17/h1-5,7H,6,8,17H2,(H,18,19,20). The first-order valence-electron chi connectivity index (χ1n) is 6.11. The van der Waals surface area contributed by atoms with Crippen molar-refractivity contribution in [2.75, 3.05) is 11.9 Å². The van der Waals surface area contributed by atoms with Gasteiger partial charge in [0.15, 0.2) is 12.4 Å². The van der Waals surface area contributed by atoms with Crippen molar-refractivity contribution in [1.29, 1.82) is 0 Å². The van der Waals surface area contributed by atoms with Gasteiger partial charge in [-0.1, -0.05) is 35.3 Å². The average molecular weight is 326 g/mol. The quantitative estimate of drug-likeness (QED) is 0.886. The maximum atomic E-state index is 11.8. The molecule has 5 nitrogen and oxygen atoms in total. The number of benzene rings is 1. The van der Waals surface area contributed by atoms with Crippen LogP contribution in [0.2, 0.25) is 10.0 Å². The van der Waals surface area contributed by atoms with Gasteiger partial charge >= 0.3 is 0 Å². The van der Waals surface area contributed by atoms with E-state index in [4.69, 9.17) is 33.7 Å². The predicted molar refractivity (Wildman–Crippen MR) is 82.7 cm³/mol. The summed E-state index contributed by atoms with van der Waals surface area (Å²) in [5.74, 6) is 0.443. The van der Waals surface area contributed by atoms with Crippen molar-refractivity contribution in [2.24, 2.45) is 5.73 Å². The Balaban J connectivity index is 1.92. The lowest BCUT2D eigenvalue weighted by Gasteiger charge is -2.09. The number of nitrogens with two attached hydrogens (primary N) is 1. The number of pyridine rings is 1. The molecule has 1 aromatic heterocycles. The summed E-state index contributed by atoms with van der Waals surface area (Å²) in [6.45, 7) is 0.252. The fourth-order valence-electron chi connectivity index (χ4n) is 1.59. The fraction of sp³-hybridized carbons (Fsp3) is 0.143. The third-order valence-electron chi connectivity index (χ3n) is 2.57. The Morgan fingerprint density at radius 2 is 2.14 bits per heavy atom. The number of carbonyl (C=O) groups is 1. The van der Waals surface area contributed by atoms with Crippen molar-refractivity contribution in [1.82, 2.24) is 4.98 Å². The van der Waals surface area contributed by atoms with Gasteiger partial charge in [0.1, 0.15) is 5.75 Å². The van der Waals surface area contributed by atoms with E-state index in [0.717, 1.165) is 5.56 Å². The summed E-state index contributed by atoms with van der Waals surface area (Å²) in [5.41, 5.74) is 6.46. The summed E-state index contributed by atoms with van der Waals surface area (Å²) in [6, 6.07) is 8.72. The van der Waals surface area contributed by atoms with Gasteiger partial charge in [-0.25, -0.2) is 4.98 Å². The smallest absolute Gasteiger partial charge is 0.263 e. The topological polar surface area (TPSA) is 77.2 Å². The number of rotatable bonds is 5. The van der Waals surface area contributed by atoms with Crippen molar-refractivity contribution < 1.29 is 9.53 Å². The highest BCUT2D eigenvalue weighted by Gasteiger charge is 2.08. The molecule has 21 heavy (non-hydrogen) atoms. The van der Waals surface area contributed by atoms with Crippen LogP contribution >= 0.6 is 23.2 Å². The van der Waals surface area contributed by atoms with Crippen molar-refractivity contribution in [3.05, 3.63) is 52.1 Å². The van der Waals surface area contributed by atoms with Crippen LogP contribution in [0.4, 0.5) is 5.82 Å². The first-order chi connectivity index (χ1) is 10.1. The molecule has 110 valence electrons. The minimum atomic E-state index is -0.370. The maximum absolute atomic E-state index is 11.8. The molecular formula is C14H13Cl2N3O2. The first-order valence-corrected chi connectivity index (χ1v) is 6.87. The van der Waals surface area contributed by atoms with Gasteiger partial charge in [0, 0.05) is 12.7 Å². The van der Waals surface area contributed by atoms with Crippen LogP contribution in [0, 0.1) is 0 Å². The van der Waals surface area contributed by atoms with Crippen molar-refractivity contribution >= 4 is 34.9 Å². The van der Waals surface area contributed by atoms with E-state index >= 15 is 0 Å². The molecule has 2 rings (SSSR count). The van der Waals surface area contributed by atoms with Crippen LogP contribution in [-0.4, -0.2) is 17.5 Å². The summed E-state index contributed by atoms with van der Waals surface area (Å²) in [4.78, 5) is 15.7. The number of hydrogen-bond acceptors (Lipinski definition) is 4. The van der Waals surface area contributed by atoms with Gasteiger partial charge in [-0.15, -0.1) is 0 Å². The van der Waals surface area contributed by atoms with E-state index in [2.05, 4.69) is 10.3 Å². The molecule has 0 bridgehead atoms. The Morgan fingerprint density at radius 3 is 2.86 bits per heavy atom. The van der Waals surface area contributed by atoms with Crippen LogP contribution in [0.15, 0.2) is 36.5 Å². The van der Waals surface area contributed by atoms with Crippen LogP contribution in [0.3, 0.4) is 0 Å². The second-order valence-electron chi connectivity index (χ2n) is 4.17. The molecule has 1 aromatic carbocycles. The normalized spacial score (nSPS) is 10.2. The van der Waals surface area contributed by atoms with Crippen molar-refractivity contribution in [3.63, 3.8) is 0 Å². The highest BCUT2D eigenvalue weighted by Crippen LogP contribution is 2.22. The summed E-state index contributed by atoms with van der Waals surface area (Å²) in [7, 11) is 0. The number of carbonyl (C=O) groups excluding carboxylic acids is 1. The Labute approximate surface area is 132 Å². The molecule has 2 aromatic rings. The third kappa shape index (κ3) is 4.60. The molecule has 0 radical (unpaired) electrons. The number of anilines is 1. The lowest BCUT2D eigenvalue weighted by Crippen LogP contribution is -2.21. The van der Waals surface area contributed by atoms with E-state index in [9.17, 15) is 4.79 Å². The minimum Gasteiger partial charge on any atom is -0.484 e. The highest BCUT2D eigenvalue weighted by atomic mass is 35.5. The van der Waals surface area contributed by atoms with Gasteiger partial charge in [-0.3, -0.25) is 4.79 Å². The van der Waals surface area contributed by atoms with E-state index in [1.165, 1.54) is 12.3 Å². The zero-order valence-corrected chi connectivity index (χ0v) is 12.5. The highest BCUT2D eigenvalue weighted by molar-refractivity contribution is 6.36. The SMILES string of the molecule is NCc1cccc(OCC(=O)Nc2ncc(Cl)cc2Cl)c1. The zero-order chi connectivity index (χ0) is 15.2. The first kappa shape index (κ1) is 15.6. The lowest BCUT2D eigenvalue weighted by atomic mass is 10.2. The molecule has 0 unspecified atom stereocenters. The molecule has 0 atom stereocenters. The molecular weight excluding hydrogens is 313 g/mol. The summed E-state index contributed by atoms with van der Waals surface area (Å²) in [5, 5.41) is 3.21. The molecule has 3 N–H and O–H groups in total. The Morgan fingerprint density at radius 1 is 1.33 bits per heavy atom. The number of ether oxygens (including phenoxy) is 1. The molecule has 1 amide bonds. The molecule has 0 aliphatic heterocycles. The van der Waals surface area contributed by atoms with E-state index in [-0.39, 0.29) is 23.4 Å². The molecule has 0 spiro atoms. The van der Waals surface area contributed by atoms with Gasteiger partial charge in [0.2, 0.25) is 0 Å². The van der Waals surface area contributed by atoms with Gasteiger partial charge < -0.3 is 15.8 Å². The van der Waals surface area contributed by atoms with Crippen molar-refractivity contribution in [2.45, 2.75) is 6.54 Å². The van der Waals surface area contributed by atoms with Gasteiger partial charge in [0.25, 0.3) is 5.91 Å². The second kappa shape index (κ2) is 7.26. The van der Waals surface area contributed by atoms with Crippen LogP contribution in [0.25, 0.3) is 0 Å². The lowest BCUT2D eigenvalue weighted by molar-refractivity contribution is -0.118. The average Bonchev–Trinajstić information content (AvgIpc) is 2.48. The summed E-state index contributed by atoms with van der Waals surface area (Å²) < 4.78 is 5.38. The fourth-order valence-corrected chi connectivity index (χ4v) is 2.01. The van der Waals surface area contributed by atoms with Gasteiger partial charge in [0.05, 0.1) is 10.0 Å². The van der Waals surface area contributed by atoms with Crippen LogP contribution in [0.5, 0.6) is 5.75 Å². The Hall–Kier alpha value is -1.82. The van der Waals surface area contributed by atoms with E-state index in [1.54, 1.807) is 12.1 Å². The number of hydrogen-bond donors (Lipinski definition) is 2. The summed E-state index contributed by atoms with van der Waals surface area (Å²) in [6.07, 6.45) is 1.40. The second-order valence-corrected chi connectivity index (χ2v) is 5.02. The van der Waals surface area contributed by atoms with E-state index in [1.807, 2.05) is 12.1 Å². The van der Waals surface area contributed by atoms with Gasteiger partial charge in [-0.2, -0.15) is 0 Å². The van der Waals surface area contributed by atoms with Gasteiger partial charge in [-0.05, 0) is 23.8 Å². The monoisotopic (exact) mass is 325 g/mol. The molecule has 0 fully saturated rings. The number of halogens is 2. The molecule has 0 saturated carbocycles. The molecule has 7 heteroatoms. The minimum absolute atomic E-state index is 0.158. The van der Waals surface area contributed by atoms with Crippen molar-refractivity contribution in [3.8, 4) is 5.75 Å². The number of amides is 1. The summed E-state index contributed by atoms with van der Waals surface area (Å²) >= 11 is 11.6. The largest absolute Gasteiger partial charge is 0.484 e. The number of aromatic nitrogens is 1. The Bertz CT molecular complexity index is 650. The molecule has 0 saturated heterocycles. The number of nitrogens with zero attached hydrogens (tertiary/aromatic N) is 1. The molecule has 1 heterocycles. The van der Waals surface area contributed by atoms with Crippen LogP contribution in [0.1, 0.15) is 5.56 Å².